The fourth-order valence-corrected chi connectivity index (χ4v) is 3.59. The minimum Gasteiger partial charge on any atom is -0.324 e. The Morgan fingerprint density at radius 2 is 1.88 bits per heavy atom. The largest absolute Gasteiger partial charge is 0.324 e. The van der Waals surface area contributed by atoms with Gasteiger partial charge in [-0.1, -0.05) is 17.7 Å². The molecule has 0 aliphatic carbocycles. The Kier molecular flexibility index (Phi) is 5.64. The second kappa shape index (κ2) is 7.37. The van der Waals surface area contributed by atoms with Gasteiger partial charge in [0.2, 0.25) is 15.9 Å². The Bertz CT molecular complexity index is 906. The van der Waals surface area contributed by atoms with Crippen molar-refractivity contribution in [1.29, 1.82) is 0 Å². The molecular weight excluding hydrogens is 374 g/mol. The van der Waals surface area contributed by atoms with E-state index in [1.807, 2.05) is 0 Å². The van der Waals surface area contributed by atoms with E-state index in [4.69, 9.17) is 11.6 Å². The quantitative estimate of drug-likeness (QED) is 0.853. The van der Waals surface area contributed by atoms with Gasteiger partial charge in [-0.2, -0.15) is 0 Å². The highest BCUT2D eigenvalue weighted by molar-refractivity contribution is 7.92. The van der Waals surface area contributed by atoms with Crippen LogP contribution in [0.25, 0.3) is 0 Å². The highest BCUT2D eigenvalue weighted by Gasteiger charge is 2.29. The van der Waals surface area contributed by atoms with Gasteiger partial charge in [-0.15, -0.1) is 0 Å². The fraction of sp³-hybridized carbons (Fsp3) is 0.188. The molecule has 1 amide bonds. The Balaban J connectivity index is 2.31. The molecule has 0 unspecified atom stereocenters. The van der Waals surface area contributed by atoms with E-state index in [1.54, 1.807) is 0 Å². The number of hydrogen-bond acceptors (Lipinski definition) is 3. The van der Waals surface area contributed by atoms with E-state index in [-0.39, 0.29) is 16.4 Å². The molecule has 5 nitrogen and oxygen atoms in total. The first-order chi connectivity index (χ1) is 11.6. The molecule has 0 bridgehead atoms. The van der Waals surface area contributed by atoms with Crippen LogP contribution in [-0.2, 0) is 14.8 Å². The van der Waals surface area contributed by atoms with E-state index >= 15 is 0 Å². The molecule has 0 fully saturated rings. The van der Waals surface area contributed by atoms with Crippen LogP contribution >= 0.6 is 11.6 Å². The first-order valence-corrected chi connectivity index (χ1v) is 9.33. The molecule has 9 heteroatoms. The van der Waals surface area contributed by atoms with Crippen LogP contribution in [0.4, 0.5) is 20.2 Å². The Labute approximate surface area is 149 Å². The lowest BCUT2D eigenvalue weighted by atomic mass is 10.2. The summed E-state index contributed by atoms with van der Waals surface area (Å²) >= 11 is 5.65. The minimum atomic E-state index is -3.87. The summed E-state index contributed by atoms with van der Waals surface area (Å²) in [6.07, 6.45) is 0.913. The lowest BCUT2D eigenvalue weighted by Gasteiger charge is -2.28. The number of amides is 1. The number of hydrogen-bond donors (Lipinski definition) is 1. The number of anilines is 2. The average molecular weight is 389 g/mol. The van der Waals surface area contributed by atoms with Gasteiger partial charge < -0.3 is 5.32 Å². The molecule has 0 heterocycles. The van der Waals surface area contributed by atoms with E-state index in [0.717, 1.165) is 28.8 Å². The van der Waals surface area contributed by atoms with Gasteiger partial charge in [0.05, 0.1) is 17.0 Å². The van der Waals surface area contributed by atoms with Crippen LogP contribution in [0.5, 0.6) is 0 Å². The van der Waals surface area contributed by atoms with E-state index in [2.05, 4.69) is 5.32 Å². The summed E-state index contributed by atoms with van der Waals surface area (Å²) in [6.45, 7) is 1.35. The summed E-state index contributed by atoms with van der Waals surface area (Å²) in [6, 6.07) is 7.28. The number of rotatable bonds is 5. The molecule has 0 aliphatic rings. The van der Waals surface area contributed by atoms with Gasteiger partial charge in [-0.25, -0.2) is 17.2 Å². The number of nitrogens with zero attached hydrogens (tertiary/aromatic N) is 1. The Hall–Kier alpha value is -2.19. The maximum atomic E-state index is 13.4. The number of carbonyl (C=O) groups is 1. The van der Waals surface area contributed by atoms with Crippen LogP contribution in [0.15, 0.2) is 42.5 Å². The zero-order valence-electron chi connectivity index (χ0n) is 13.3. The number of sulfonamides is 1. The molecule has 0 saturated carbocycles. The molecule has 0 aromatic heterocycles. The third-order valence-electron chi connectivity index (χ3n) is 3.34. The molecule has 1 N–H and O–H groups in total. The van der Waals surface area contributed by atoms with Crippen molar-refractivity contribution < 1.29 is 22.0 Å². The first kappa shape index (κ1) is 19.1. The van der Waals surface area contributed by atoms with Crippen LogP contribution < -0.4 is 9.62 Å². The van der Waals surface area contributed by atoms with E-state index in [1.165, 1.54) is 31.2 Å². The minimum absolute atomic E-state index is 0.0160. The molecule has 0 saturated heterocycles. The van der Waals surface area contributed by atoms with Crippen molar-refractivity contribution >= 4 is 38.9 Å². The van der Waals surface area contributed by atoms with Gasteiger partial charge in [0, 0.05) is 5.69 Å². The van der Waals surface area contributed by atoms with Crippen molar-refractivity contribution in [2.24, 2.45) is 0 Å². The van der Waals surface area contributed by atoms with Crippen molar-refractivity contribution in [2.75, 3.05) is 15.9 Å². The van der Waals surface area contributed by atoms with Crippen LogP contribution in [-0.4, -0.2) is 26.6 Å². The van der Waals surface area contributed by atoms with Gasteiger partial charge >= 0.3 is 0 Å². The Morgan fingerprint density at radius 1 is 1.20 bits per heavy atom. The number of nitrogens with one attached hydrogen (secondary N) is 1. The third kappa shape index (κ3) is 4.67. The molecular formula is C16H15ClF2N2O3S. The SMILES string of the molecule is C[C@H](C(=O)Nc1ccc(F)c(Cl)c1)N(c1cccc(F)c1)S(C)(=O)=O. The van der Waals surface area contributed by atoms with Crippen LogP contribution in [0.3, 0.4) is 0 Å². The van der Waals surface area contributed by atoms with E-state index in [9.17, 15) is 22.0 Å². The van der Waals surface area contributed by atoms with Crippen molar-refractivity contribution in [3.8, 4) is 0 Å². The Morgan fingerprint density at radius 3 is 2.44 bits per heavy atom. The molecule has 2 rings (SSSR count). The van der Waals surface area contributed by atoms with Gasteiger partial charge in [-0.3, -0.25) is 9.10 Å². The van der Waals surface area contributed by atoms with Crippen LogP contribution in [0, 0.1) is 11.6 Å². The highest BCUT2D eigenvalue weighted by atomic mass is 35.5. The molecule has 25 heavy (non-hydrogen) atoms. The van der Waals surface area contributed by atoms with Crippen molar-refractivity contribution in [2.45, 2.75) is 13.0 Å². The second-order valence-corrected chi connectivity index (χ2v) is 7.60. The molecule has 2 aromatic rings. The standard InChI is InChI=1S/C16H15ClF2N2O3S/c1-10(16(22)20-12-6-7-15(19)14(17)9-12)21(25(2,23)24)13-5-3-4-11(18)8-13/h3-10H,1-2H3,(H,20,22)/t10-/m1/s1. The number of carbonyl (C=O) groups excluding carboxylic acids is 1. The molecule has 0 spiro atoms. The first-order valence-electron chi connectivity index (χ1n) is 7.10. The summed E-state index contributed by atoms with van der Waals surface area (Å²) < 4.78 is 51.6. The third-order valence-corrected chi connectivity index (χ3v) is 4.87. The van der Waals surface area contributed by atoms with Gasteiger partial charge in [0.1, 0.15) is 17.7 Å². The fourth-order valence-electron chi connectivity index (χ4n) is 2.24. The molecule has 134 valence electrons. The van der Waals surface area contributed by atoms with Gasteiger partial charge in [0.25, 0.3) is 0 Å². The summed E-state index contributed by atoms with van der Waals surface area (Å²) in [4.78, 5) is 12.4. The van der Waals surface area contributed by atoms with Crippen molar-refractivity contribution in [1.82, 2.24) is 0 Å². The maximum Gasteiger partial charge on any atom is 0.247 e. The summed E-state index contributed by atoms with van der Waals surface area (Å²) in [5.41, 5.74) is 0.221. The summed E-state index contributed by atoms with van der Waals surface area (Å²) in [5, 5.41) is 2.27. The molecule has 0 aliphatic heterocycles. The monoisotopic (exact) mass is 388 g/mol. The maximum absolute atomic E-state index is 13.4. The zero-order valence-corrected chi connectivity index (χ0v) is 14.9. The predicted octanol–water partition coefficient (Wildman–Crippen LogP) is 3.41. The smallest absolute Gasteiger partial charge is 0.247 e. The summed E-state index contributed by atoms with van der Waals surface area (Å²) in [7, 11) is -3.87. The lowest BCUT2D eigenvalue weighted by Crippen LogP contribution is -2.45. The van der Waals surface area contributed by atoms with E-state index < -0.39 is 33.6 Å². The van der Waals surface area contributed by atoms with Crippen LogP contribution in [0.2, 0.25) is 5.02 Å². The number of halogens is 3. The van der Waals surface area contributed by atoms with Gasteiger partial charge in [-0.05, 0) is 43.3 Å². The number of benzene rings is 2. The molecule has 2 aromatic carbocycles. The lowest BCUT2D eigenvalue weighted by molar-refractivity contribution is -0.116. The summed E-state index contributed by atoms with van der Waals surface area (Å²) in [5.74, 6) is -1.97. The topological polar surface area (TPSA) is 66.5 Å². The van der Waals surface area contributed by atoms with Crippen molar-refractivity contribution in [3.05, 3.63) is 59.1 Å². The van der Waals surface area contributed by atoms with E-state index in [0.29, 0.717) is 0 Å². The van der Waals surface area contributed by atoms with Crippen molar-refractivity contribution in [3.63, 3.8) is 0 Å². The second-order valence-electron chi connectivity index (χ2n) is 5.33. The molecule has 0 radical (unpaired) electrons. The average Bonchev–Trinajstić information content (AvgIpc) is 2.49. The highest BCUT2D eigenvalue weighted by Crippen LogP contribution is 2.23. The van der Waals surface area contributed by atoms with Gasteiger partial charge in [0.15, 0.2) is 0 Å². The molecule has 1 atom stereocenters. The normalized spacial score (nSPS) is 12.5. The zero-order chi connectivity index (χ0) is 18.8. The predicted molar refractivity (Wildman–Crippen MR) is 93.2 cm³/mol. The van der Waals surface area contributed by atoms with Crippen LogP contribution in [0.1, 0.15) is 6.92 Å².